The largest absolute Gasteiger partial charge is 0.374 e. The van der Waals surface area contributed by atoms with Crippen LogP contribution in [0.1, 0.15) is 13.3 Å². The van der Waals surface area contributed by atoms with E-state index < -0.39 is 0 Å². The molecule has 1 unspecified atom stereocenters. The van der Waals surface area contributed by atoms with Gasteiger partial charge < -0.3 is 10.1 Å². The third kappa shape index (κ3) is 2.23. The Kier molecular flexibility index (Phi) is 3.03. The first-order chi connectivity index (χ1) is 4.93. The Hall–Kier alpha value is -0.760. The van der Waals surface area contributed by atoms with Gasteiger partial charge in [-0.25, -0.2) is 0 Å². The highest BCUT2D eigenvalue weighted by Crippen LogP contribution is 2.02. The van der Waals surface area contributed by atoms with E-state index in [1.807, 2.05) is 25.4 Å². The molecule has 0 bridgehead atoms. The summed E-state index contributed by atoms with van der Waals surface area (Å²) in [7, 11) is 0. The molecular formula is C8H13NO. The fourth-order valence-corrected chi connectivity index (χ4v) is 0.905. The topological polar surface area (TPSA) is 21.3 Å². The van der Waals surface area contributed by atoms with Gasteiger partial charge in [0.1, 0.15) is 0 Å². The molecule has 1 N–H and O–H groups in total. The summed E-state index contributed by atoms with van der Waals surface area (Å²) >= 11 is 0. The molecule has 0 fully saturated rings. The summed E-state index contributed by atoms with van der Waals surface area (Å²) < 4.78 is 5.38. The SMILES string of the molecule is CCOC1C=CNC=CC1. The molecule has 1 atom stereocenters. The van der Waals surface area contributed by atoms with Crippen molar-refractivity contribution in [2.45, 2.75) is 19.4 Å². The van der Waals surface area contributed by atoms with Crippen LogP contribution in [-0.2, 0) is 4.74 Å². The zero-order valence-electron chi connectivity index (χ0n) is 6.21. The van der Waals surface area contributed by atoms with Gasteiger partial charge in [-0.1, -0.05) is 6.08 Å². The van der Waals surface area contributed by atoms with E-state index in [0.717, 1.165) is 13.0 Å². The lowest BCUT2D eigenvalue weighted by molar-refractivity contribution is 0.0987. The molecule has 0 amide bonds. The van der Waals surface area contributed by atoms with Crippen molar-refractivity contribution < 1.29 is 4.74 Å². The number of hydrogen-bond acceptors (Lipinski definition) is 2. The Morgan fingerprint density at radius 2 is 2.50 bits per heavy atom. The fourth-order valence-electron chi connectivity index (χ4n) is 0.905. The molecule has 0 aromatic rings. The van der Waals surface area contributed by atoms with E-state index in [9.17, 15) is 0 Å². The van der Waals surface area contributed by atoms with Crippen molar-refractivity contribution in [3.05, 3.63) is 24.6 Å². The monoisotopic (exact) mass is 139 g/mol. The van der Waals surface area contributed by atoms with Gasteiger partial charge >= 0.3 is 0 Å². The molecule has 0 saturated heterocycles. The van der Waals surface area contributed by atoms with Crippen LogP contribution < -0.4 is 5.32 Å². The number of hydrogen-bond donors (Lipinski definition) is 1. The van der Waals surface area contributed by atoms with E-state index in [1.165, 1.54) is 0 Å². The summed E-state index contributed by atoms with van der Waals surface area (Å²) in [5.41, 5.74) is 0. The molecule has 2 nitrogen and oxygen atoms in total. The molecule has 1 aliphatic rings. The van der Waals surface area contributed by atoms with E-state index in [4.69, 9.17) is 4.74 Å². The molecule has 1 aliphatic heterocycles. The first-order valence-corrected chi connectivity index (χ1v) is 3.63. The number of nitrogens with one attached hydrogen (secondary N) is 1. The van der Waals surface area contributed by atoms with E-state index >= 15 is 0 Å². The van der Waals surface area contributed by atoms with Crippen LogP contribution >= 0.6 is 0 Å². The van der Waals surface area contributed by atoms with Gasteiger partial charge in [0.15, 0.2) is 0 Å². The molecule has 56 valence electrons. The van der Waals surface area contributed by atoms with Gasteiger partial charge in [-0.15, -0.1) is 0 Å². The highest BCUT2D eigenvalue weighted by Gasteiger charge is 2.01. The lowest BCUT2D eigenvalue weighted by atomic mass is 10.2. The minimum absolute atomic E-state index is 0.260. The Morgan fingerprint density at radius 3 is 3.30 bits per heavy atom. The van der Waals surface area contributed by atoms with E-state index in [-0.39, 0.29) is 6.10 Å². The summed E-state index contributed by atoms with van der Waals surface area (Å²) in [6, 6.07) is 0. The van der Waals surface area contributed by atoms with Crippen LogP contribution in [0.25, 0.3) is 0 Å². The van der Waals surface area contributed by atoms with E-state index in [1.54, 1.807) is 0 Å². The Bertz CT molecular complexity index is 140. The van der Waals surface area contributed by atoms with Crippen LogP contribution in [0.4, 0.5) is 0 Å². The normalized spacial score (nSPS) is 23.9. The van der Waals surface area contributed by atoms with Gasteiger partial charge in [0.05, 0.1) is 6.10 Å². The third-order valence-electron chi connectivity index (χ3n) is 1.37. The second-order valence-electron chi connectivity index (χ2n) is 2.16. The summed E-state index contributed by atoms with van der Waals surface area (Å²) in [4.78, 5) is 0. The second kappa shape index (κ2) is 4.12. The maximum Gasteiger partial charge on any atom is 0.0807 e. The smallest absolute Gasteiger partial charge is 0.0807 e. The zero-order valence-corrected chi connectivity index (χ0v) is 6.21. The maximum absolute atomic E-state index is 5.38. The van der Waals surface area contributed by atoms with Gasteiger partial charge in [0.25, 0.3) is 0 Å². The van der Waals surface area contributed by atoms with Crippen LogP contribution in [-0.4, -0.2) is 12.7 Å². The highest BCUT2D eigenvalue weighted by molar-refractivity contribution is 5.00. The average Bonchev–Trinajstić information content (AvgIpc) is 2.17. The van der Waals surface area contributed by atoms with Gasteiger partial charge in [0, 0.05) is 6.61 Å². The molecule has 0 spiro atoms. The summed E-state index contributed by atoms with van der Waals surface area (Å²) in [5, 5.41) is 2.99. The predicted octanol–water partition coefficient (Wildman–Crippen LogP) is 1.41. The molecule has 0 saturated carbocycles. The minimum Gasteiger partial charge on any atom is -0.374 e. The molecule has 2 heteroatoms. The van der Waals surface area contributed by atoms with Crippen molar-refractivity contribution in [1.82, 2.24) is 5.32 Å². The van der Waals surface area contributed by atoms with Crippen molar-refractivity contribution in [2.24, 2.45) is 0 Å². The summed E-state index contributed by atoms with van der Waals surface area (Å²) in [6.07, 6.45) is 9.16. The lowest BCUT2D eigenvalue weighted by Gasteiger charge is -2.07. The van der Waals surface area contributed by atoms with Crippen molar-refractivity contribution in [1.29, 1.82) is 0 Å². The third-order valence-corrected chi connectivity index (χ3v) is 1.37. The molecule has 10 heavy (non-hydrogen) atoms. The van der Waals surface area contributed by atoms with Crippen LogP contribution in [0.3, 0.4) is 0 Å². The van der Waals surface area contributed by atoms with Crippen LogP contribution in [0.2, 0.25) is 0 Å². The molecule has 1 heterocycles. The predicted molar refractivity (Wildman–Crippen MR) is 41.4 cm³/mol. The maximum atomic E-state index is 5.38. The Morgan fingerprint density at radius 1 is 1.60 bits per heavy atom. The molecule has 0 aliphatic carbocycles. The molecule has 0 aromatic heterocycles. The van der Waals surface area contributed by atoms with Crippen molar-refractivity contribution in [3.63, 3.8) is 0 Å². The first kappa shape index (κ1) is 7.35. The van der Waals surface area contributed by atoms with E-state index in [2.05, 4.69) is 11.4 Å². The van der Waals surface area contributed by atoms with Crippen LogP contribution in [0, 0.1) is 0 Å². The second-order valence-corrected chi connectivity index (χ2v) is 2.16. The van der Waals surface area contributed by atoms with Gasteiger partial charge in [-0.2, -0.15) is 0 Å². The molecule has 1 rings (SSSR count). The summed E-state index contributed by atoms with van der Waals surface area (Å²) in [5.74, 6) is 0. The minimum atomic E-state index is 0.260. The average molecular weight is 139 g/mol. The van der Waals surface area contributed by atoms with Crippen molar-refractivity contribution in [3.8, 4) is 0 Å². The van der Waals surface area contributed by atoms with Gasteiger partial charge in [0.2, 0.25) is 0 Å². The highest BCUT2D eigenvalue weighted by atomic mass is 16.5. The van der Waals surface area contributed by atoms with Crippen LogP contribution in [0.5, 0.6) is 0 Å². The summed E-state index contributed by atoms with van der Waals surface area (Å²) in [6.45, 7) is 2.79. The quantitative estimate of drug-likeness (QED) is 0.624. The standard InChI is InChI=1S/C8H13NO/c1-2-10-8-4-3-6-9-7-5-8/h3,5-9H,2,4H2,1H3. The lowest BCUT2D eigenvalue weighted by Crippen LogP contribution is -2.07. The van der Waals surface area contributed by atoms with Gasteiger partial charge in [-0.05, 0) is 31.8 Å². The number of rotatable bonds is 2. The number of ether oxygens (including phenoxy) is 1. The van der Waals surface area contributed by atoms with Crippen LogP contribution in [0.15, 0.2) is 24.6 Å². The zero-order chi connectivity index (χ0) is 7.23. The molecule has 0 aromatic carbocycles. The van der Waals surface area contributed by atoms with Crippen molar-refractivity contribution >= 4 is 0 Å². The first-order valence-electron chi connectivity index (χ1n) is 3.63. The Balaban J connectivity index is 2.36. The fraction of sp³-hybridized carbons (Fsp3) is 0.500. The van der Waals surface area contributed by atoms with Crippen molar-refractivity contribution in [2.75, 3.05) is 6.61 Å². The molecular weight excluding hydrogens is 126 g/mol. The molecule has 0 radical (unpaired) electrons. The van der Waals surface area contributed by atoms with E-state index in [0.29, 0.717) is 0 Å². The Labute approximate surface area is 61.6 Å². The van der Waals surface area contributed by atoms with Gasteiger partial charge in [-0.3, -0.25) is 0 Å².